The number of hydrogen-bond donors (Lipinski definition) is 1. The minimum atomic E-state index is -3.85. The summed E-state index contributed by atoms with van der Waals surface area (Å²) >= 11 is 2.88. The van der Waals surface area contributed by atoms with Crippen molar-refractivity contribution in [3.8, 4) is 0 Å². The standard InChI is InChI=1S/C11H8ClIN2O3S2/c1-6-10(20(12,17)18)19-11(14-6)15-9(16)7-4-2-3-5-8(7)13/h2-5H,1H3,(H,14,15,16). The van der Waals surface area contributed by atoms with Gasteiger partial charge in [-0.15, -0.1) is 0 Å². The molecule has 1 heterocycles. The quantitative estimate of drug-likeness (QED) is 0.585. The highest BCUT2D eigenvalue weighted by Gasteiger charge is 2.20. The monoisotopic (exact) mass is 442 g/mol. The zero-order valence-corrected chi connectivity index (χ0v) is 14.6. The number of benzene rings is 1. The van der Waals surface area contributed by atoms with E-state index in [2.05, 4.69) is 10.3 Å². The van der Waals surface area contributed by atoms with Gasteiger partial charge in [0, 0.05) is 14.3 Å². The molecule has 106 valence electrons. The van der Waals surface area contributed by atoms with Crippen LogP contribution < -0.4 is 5.32 Å². The fraction of sp³-hybridized carbons (Fsp3) is 0.0909. The molecule has 0 spiro atoms. The Morgan fingerprint density at radius 2 is 2.05 bits per heavy atom. The number of aromatic nitrogens is 1. The van der Waals surface area contributed by atoms with Gasteiger partial charge in [-0.1, -0.05) is 23.5 Å². The summed E-state index contributed by atoms with van der Waals surface area (Å²) in [5.41, 5.74) is 0.763. The summed E-state index contributed by atoms with van der Waals surface area (Å²) in [6.07, 6.45) is 0. The maximum absolute atomic E-state index is 12.1. The van der Waals surface area contributed by atoms with Crippen LogP contribution in [0.4, 0.5) is 5.13 Å². The Balaban J connectivity index is 2.28. The molecule has 0 saturated heterocycles. The molecule has 0 bridgehead atoms. The van der Waals surface area contributed by atoms with Crippen molar-refractivity contribution in [3.05, 3.63) is 39.1 Å². The lowest BCUT2D eigenvalue weighted by molar-refractivity contribution is 0.102. The molecule has 1 N–H and O–H groups in total. The van der Waals surface area contributed by atoms with Gasteiger partial charge in [-0.25, -0.2) is 13.4 Å². The minimum absolute atomic E-state index is 0.0581. The summed E-state index contributed by atoms with van der Waals surface area (Å²) in [6.45, 7) is 1.52. The Hall–Kier alpha value is -0.710. The molecule has 0 atom stereocenters. The summed E-state index contributed by atoms with van der Waals surface area (Å²) in [4.78, 5) is 16.1. The van der Waals surface area contributed by atoms with E-state index in [1.54, 1.807) is 18.2 Å². The van der Waals surface area contributed by atoms with Gasteiger partial charge in [-0.3, -0.25) is 10.1 Å². The Labute approximate surface area is 137 Å². The number of nitrogens with one attached hydrogen (secondary N) is 1. The third-order valence-electron chi connectivity index (χ3n) is 2.31. The Morgan fingerprint density at radius 1 is 1.40 bits per heavy atom. The van der Waals surface area contributed by atoms with Crippen LogP contribution in [-0.2, 0) is 9.05 Å². The fourth-order valence-corrected chi connectivity index (χ4v) is 4.45. The van der Waals surface area contributed by atoms with E-state index in [1.807, 2.05) is 28.7 Å². The maximum Gasteiger partial charge on any atom is 0.272 e. The van der Waals surface area contributed by atoms with Crippen LogP contribution in [0.2, 0.25) is 0 Å². The molecule has 1 aromatic heterocycles. The van der Waals surface area contributed by atoms with Gasteiger partial charge in [0.25, 0.3) is 15.0 Å². The normalized spacial score (nSPS) is 11.3. The van der Waals surface area contributed by atoms with Crippen LogP contribution in [0.3, 0.4) is 0 Å². The minimum Gasteiger partial charge on any atom is -0.298 e. The molecule has 9 heteroatoms. The Kier molecular flexibility index (Phi) is 4.67. The van der Waals surface area contributed by atoms with E-state index < -0.39 is 9.05 Å². The SMILES string of the molecule is Cc1nc(NC(=O)c2ccccc2I)sc1S(=O)(=O)Cl. The van der Waals surface area contributed by atoms with Crippen molar-refractivity contribution in [2.45, 2.75) is 11.1 Å². The van der Waals surface area contributed by atoms with Crippen molar-refractivity contribution >= 4 is 64.7 Å². The van der Waals surface area contributed by atoms with Gasteiger partial charge in [0.15, 0.2) is 9.34 Å². The lowest BCUT2D eigenvalue weighted by atomic mass is 10.2. The number of hydrogen-bond acceptors (Lipinski definition) is 5. The Morgan fingerprint density at radius 3 is 2.60 bits per heavy atom. The number of anilines is 1. The first kappa shape index (κ1) is 15.7. The van der Waals surface area contributed by atoms with Gasteiger partial charge in [-0.2, -0.15) is 0 Å². The molecule has 5 nitrogen and oxygen atoms in total. The molecule has 0 fully saturated rings. The van der Waals surface area contributed by atoms with Crippen molar-refractivity contribution in [1.82, 2.24) is 4.98 Å². The van der Waals surface area contributed by atoms with Crippen molar-refractivity contribution < 1.29 is 13.2 Å². The highest BCUT2D eigenvalue weighted by molar-refractivity contribution is 14.1. The number of halogens is 2. The van der Waals surface area contributed by atoms with Crippen LogP contribution in [0, 0.1) is 10.5 Å². The summed E-state index contributed by atoms with van der Waals surface area (Å²) in [5.74, 6) is -0.345. The molecule has 0 aliphatic rings. The van der Waals surface area contributed by atoms with Gasteiger partial charge in [0.05, 0.1) is 11.3 Å². The molecular formula is C11H8ClIN2O3S2. The van der Waals surface area contributed by atoms with Crippen LogP contribution in [0.25, 0.3) is 0 Å². The highest BCUT2D eigenvalue weighted by Crippen LogP contribution is 2.30. The van der Waals surface area contributed by atoms with E-state index in [-0.39, 0.29) is 20.9 Å². The first-order valence-corrected chi connectivity index (χ1v) is 9.47. The predicted molar refractivity (Wildman–Crippen MR) is 87.0 cm³/mol. The van der Waals surface area contributed by atoms with E-state index in [0.29, 0.717) is 5.56 Å². The summed E-state index contributed by atoms with van der Waals surface area (Å²) in [6, 6.07) is 7.05. The van der Waals surface area contributed by atoms with E-state index in [9.17, 15) is 13.2 Å². The number of carbonyl (C=O) groups is 1. The van der Waals surface area contributed by atoms with Gasteiger partial charge < -0.3 is 0 Å². The second-order valence-electron chi connectivity index (χ2n) is 3.76. The van der Waals surface area contributed by atoms with Crippen LogP contribution in [0.5, 0.6) is 0 Å². The van der Waals surface area contributed by atoms with Crippen molar-refractivity contribution in [2.75, 3.05) is 5.32 Å². The highest BCUT2D eigenvalue weighted by atomic mass is 127. The lowest BCUT2D eigenvalue weighted by Crippen LogP contribution is -2.13. The maximum atomic E-state index is 12.1. The molecule has 0 radical (unpaired) electrons. The van der Waals surface area contributed by atoms with Crippen molar-refractivity contribution in [1.29, 1.82) is 0 Å². The molecule has 0 saturated carbocycles. The second-order valence-corrected chi connectivity index (χ2v) is 8.69. The number of amides is 1. The third kappa shape index (κ3) is 3.48. The number of nitrogens with zero attached hydrogens (tertiary/aromatic N) is 1. The number of rotatable bonds is 3. The van der Waals surface area contributed by atoms with Gasteiger partial charge in [-0.05, 0) is 41.6 Å². The zero-order valence-electron chi connectivity index (χ0n) is 10.1. The van der Waals surface area contributed by atoms with E-state index in [1.165, 1.54) is 6.92 Å². The summed E-state index contributed by atoms with van der Waals surface area (Å²) in [7, 11) is 1.44. The van der Waals surface area contributed by atoms with Gasteiger partial charge >= 0.3 is 0 Å². The third-order valence-corrected chi connectivity index (χ3v) is 6.51. The molecular weight excluding hydrogens is 435 g/mol. The van der Waals surface area contributed by atoms with Crippen molar-refractivity contribution in [2.24, 2.45) is 0 Å². The van der Waals surface area contributed by atoms with Crippen LogP contribution in [0.15, 0.2) is 28.5 Å². The predicted octanol–water partition coefficient (Wildman–Crippen LogP) is 3.24. The van der Waals surface area contributed by atoms with Gasteiger partial charge in [0.1, 0.15) is 0 Å². The molecule has 20 heavy (non-hydrogen) atoms. The average molecular weight is 443 g/mol. The lowest BCUT2D eigenvalue weighted by Gasteiger charge is -2.03. The average Bonchev–Trinajstić information content (AvgIpc) is 2.70. The number of carbonyl (C=O) groups excluding carboxylic acids is 1. The van der Waals surface area contributed by atoms with E-state index in [4.69, 9.17) is 10.7 Å². The molecule has 0 aliphatic carbocycles. The second kappa shape index (κ2) is 5.96. The first-order valence-electron chi connectivity index (χ1n) is 5.27. The summed E-state index contributed by atoms with van der Waals surface area (Å²) in [5, 5.41) is 2.77. The number of thiazole rings is 1. The zero-order chi connectivity index (χ0) is 14.9. The number of aryl methyl sites for hydroxylation is 1. The van der Waals surface area contributed by atoms with Crippen molar-refractivity contribution in [3.63, 3.8) is 0 Å². The van der Waals surface area contributed by atoms with E-state index in [0.717, 1.165) is 14.9 Å². The topological polar surface area (TPSA) is 76.1 Å². The van der Waals surface area contributed by atoms with Gasteiger partial charge in [0.2, 0.25) is 0 Å². The smallest absolute Gasteiger partial charge is 0.272 e. The van der Waals surface area contributed by atoms with Crippen LogP contribution in [-0.4, -0.2) is 19.3 Å². The molecule has 1 aromatic carbocycles. The van der Waals surface area contributed by atoms with Crippen LogP contribution in [0.1, 0.15) is 16.1 Å². The molecule has 2 aromatic rings. The molecule has 0 aliphatic heterocycles. The van der Waals surface area contributed by atoms with Crippen LogP contribution >= 0.6 is 44.6 Å². The molecule has 2 rings (SSSR count). The Bertz CT molecular complexity index is 774. The summed E-state index contributed by atoms with van der Waals surface area (Å²) < 4.78 is 23.3. The van der Waals surface area contributed by atoms with E-state index >= 15 is 0 Å². The fourth-order valence-electron chi connectivity index (χ4n) is 1.47. The first-order chi connectivity index (χ1) is 9.29. The molecule has 1 amide bonds. The largest absolute Gasteiger partial charge is 0.298 e. The molecule has 0 unspecified atom stereocenters.